The standard InChI is InChI=1S/C27H24FNO4/c1-17-26-20(15-29(16-32-26)11-10-18-4-3-5-21(28)12-18)13-24-23(14-25(30)33-27(17)24)19-6-8-22(31-2)9-7-19/h3-9,12-14H,10-11,15-16H2,1-2H3/p+1. The van der Waals surface area contributed by atoms with Crippen molar-refractivity contribution in [3.05, 3.63) is 93.6 Å². The van der Waals surface area contributed by atoms with Gasteiger partial charge >= 0.3 is 5.63 Å². The number of hydrogen-bond acceptors (Lipinski definition) is 4. The number of nitrogens with one attached hydrogen (secondary N) is 1. The highest BCUT2D eigenvalue weighted by Crippen LogP contribution is 2.36. The van der Waals surface area contributed by atoms with Crippen LogP contribution in [-0.4, -0.2) is 20.4 Å². The van der Waals surface area contributed by atoms with Crippen molar-refractivity contribution < 1.29 is 23.2 Å². The maximum Gasteiger partial charge on any atom is 0.336 e. The normalized spacial score (nSPS) is 15.2. The maximum atomic E-state index is 13.5. The van der Waals surface area contributed by atoms with Crippen molar-refractivity contribution in [3.63, 3.8) is 0 Å². The van der Waals surface area contributed by atoms with Gasteiger partial charge in [0.1, 0.15) is 29.4 Å². The van der Waals surface area contributed by atoms with Crippen LogP contribution in [-0.2, 0) is 13.0 Å². The highest BCUT2D eigenvalue weighted by atomic mass is 19.1. The Labute approximate surface area is 191 Å². The van der Waals surface area contributed by atoms with Gasteiger partial charge in [-0.2, -0.15) is 0 Å². The second-order valence-electron chi connectivity index (χ2n) is 8.42. The van der Waals surface area contributed by atoms with Crippen molar-refractivity contribution >= 4 is 11.0 Å². The Bertz CT molecular complexity index is 1380. The number of fused-ring (bicyclic) bond motifs is 2. The van der Waals surface area contributed by atoms with Gasteiger partial charge in [-0.25, -0.2) is 9.18 Å². The van der Waals surface area contributed by atoms with Gasteiger partial charge in [0, 0.05) is 29.0 Å². The fourth-order valence-electron chi connectivity index (χ4n) is 4.52. The smallest absolute Gasteiger partial charge is 0.336 e. The summed E-state index contributed by atoms with van der Waals surface area (Å²) in [5, 5.41) is 0.881. The molecule has 3 aromatic carbocycles. The summed E-state index contributed by atoms with van der Waals surface area (Å²) in [7, 11) is 1.62. The molecular weight excluding hydrogens is 421 g/mol. The number of hydrogen-bond donors (Lipinski definition) is 1. The highest BCUT2D eigenvalue weighted by Gasteiger charge is 2.25. The van der Waals surface area contributed by atoms with Crippen molar-refractivity contribution in [1.82, 2.24) is 0 Å². The lowest BCUT2D eigenvalue weighted by Crippen LogP contribution is -3.12. The van der Waals surface area contributed by atoms with Crippen LogP contribution in [0.5, 0.6) is 11.5 Å². The van der Waals surface area contributed by atoms with Crippen LogP contribution in [0.2, 0.25) is 0 Å². The molecule has 0 aliphatic carbocycles. The fraction of sp³-hybridized carbons (Fsp3) is 0.222. The molecular formula is C27H25FNO4+. The number of methoxy groups -OCH3 is 1. The Balaban J connectivity index is 1.49. The molecule has 0 spiro atoms. The number of halogens is 1. The molecule has 0 saturated carbocycles. The molecule has 1 N–H and O–H groups in total. The summed E-state index contributed by atoms with van der Waals surface area (Å²) in [5.41, 5.74) is 4.78. The zero-order chi connectivity index (χ0) is 22.9. The Morgan fingerprint density at radius 1 is 1.09 bits per heavy atom. The molecule has 6 heteroatoms. The third-order valence-electron chi connectivity index (χ3n) is 6.21. The average Bonchev–Trinajstić information content (AvgIpc) is 2.83. The monoisotopic (exact) mass is 446 g/mol. The van der Waals surface area contributed by atoms with E-state index < -0.39 is 5.63 Å². The highest BCUT2D eigenvalue weighted by molar-refractivity contribution is 5.96. The van der Waals surface area contributed by atoms with E-state index in [9.17, 15) is 9.18 Å². The molecule has 5 nitrogen and oxygen atoms in total. The quantitative estimate of drug-likeness (QED) is 0.473. The minimum atomic E-state index is -0.394. The minimum absolute atomic E-state index is 0.211. The van der Waals surface area contributed by atoms with E-state index >= 15 is 0 Å². The summed E-state index contributed by atoms with van der Waals surface area (Å²) >= 11 is 0. The van der Waals surface area contributed by atoms with Gasteiger partial charge in [0.15, 0.2) is 0 Å². The van der Waals surface area contributed by atoms with E-state index in [1.807, 2.05) is 37.3 Å². The Morgan fingerprint density at radius 2 is 1.91 bits per heavy atom. The van der Waals surface area contributed by atoms with Gasteiger partial charge in [0.2, 0.25) is 6.73 Å². The van der Waals surface area contributed by atoms with E-state index in [2.05, 4.69) is 6.07 Å². The van der Waals surface area contributed by atoms with Gasteiger partial charge in [0.05, 0.1) is 13.7 Å². The molecule has 2 heterocycles. The van der Waals surface area contributed by atoms with Crippen LogP contribution in [0.3, 0.4) is 0 Å². The first-order valence-corrected chi connectivity index (χ1v) is 11.0. The second-order valence-corrected chi connectivity index (χ2v) is 8.42. The molecule has 1 aliphatic heterocycles. The molecule has 0 saturated heterocycles. The van der Waals surface area contributed by atoms with Crippen molar-refractivity contribution in [2.45, 2.75) is 19.9 Å². The topological polar surface area (TPSA) is 53.1 Å². The number of aryl methyl sites for hydroxylation is 1. The first kappa shape index (κ1) is 21.2. The minimum Gasteiger partial charge on any atom is -0.497 e. The summed E-state index contributed by atoms with van der Waals surface area (Å²) < 4.78 is 30.5. The van der Waals surface area contributed by atoms with E-state index in [0.29, 0.717) is 12.3 Å². The van der Waals surface area contributed by atoms with E-state index in [1.165, 1.54) is 17.0 Å². The number of benzene rings is 3. The summed E-state index contributed by atoms with van der Waals surface area (Å²) in [6, 6.07) is 18.0. The summed E-state index contributed by atoms with van der Waals surface area (Å²) in [6.45, 7) is 4.05. The van der Waals surface area contributed by atoms with Crippen molar-refractivity contribution in [2.75, 3.05) is 20.4 Å². The maximum absolute atomic E-state index is 13.5. The molecule has 0 radical (unpaired) electrons. The van der Waals surface area contributed by atoms with Crippen LogP contribution in [0.15, 0.2) is 69.9 Å². The SMILES string of the molecule is COc1ccc(-c2cc(=O)oc3c(C)c4c(cc23)C[NH+](CCc2cccc(F)c2)CO4)cc1. The third-order valence-corrected chi connectivity index (χ3v) is 6.21. The van der Waals surface area contributed by atoms with Gasteiger partial charge < -0.3 is 13.9 Å². The van der Waals surface area contributed by atoms with Crippen molar-refractivity contribution in [1.29, 1.82) is 0 Å². The zero-order valence-corrected chi connectivity index (χ0v) is 18.6. The van der Waals surface area contributed by atoms with E-state index in [-0.39, 0.29) is 5.82 Å². The van der Waals surface area contributed by atoms with E-state index in [1.54, 1.807) is 19.2 Å². The Morgan fingerprint density at radius 3 is 2.67 bits per heavy atom. The Kier molecular flexibility index (Phi) is 5.60. The first-order chi connectivity index (χ1) is 16.0. The van der Waals surface area contributed by atoms with Crippen LogP contribution in [0.25, 0.3) is 22.1 Å². The molecule has 1 atom stereocenters. The molecule has 4 aromatic rings. The molecule has 1 aromatic heterocycles. The van der Waals surface area contributed by atoms with Gasteiger partial charge in [-0.15, -0.1) is 0 Å². The zero-order valence-electron chi connectivity index (χ0n) is 18.6. The lowest BCUT2D eigenvalue weighted by atomic mass is 9.96. The lowest BCUT2D eigenvalue weighted by molar-refractivity contribution is -0.932. The number of rotatable bonds is 5. The average molecular weight is 446 g/mol. The second kappa shape index (κ2) is 8.71. The molecule has 0 amide bonds. The molecule has 33 heavy (non-hydrogen) atoms. The van der Waals surface area contributed by atoms with Crippen molar-refractivity contribution in [3.8, 4) is 22.6 Å². The van der Waals surface area contributed by atoms with Crippen molar-refractivity contribution in [2.24, 2.45) is 0 Å². The predicted molar refractivity (Wildman–Crippen MR) is 124 cm³/mol. The number of quaternary nitrogens is 1. The molecule has 168 valence electrons. The molecule has 5 rings (SSSR count). The van der Waals surface area contributed by atoms with E-state index in [0.717, 1.165) is 64.2 Å². The summed E-state index contributed by atoms with van der Waals surface area (Å²) in [5.74, 6) is 1.33. The van der Waals surface area contributed by atoms with Gasteiger partial charge in [-0.05, 0) is 53.9 Å². The predicted octanol–water partition coefficient (Wildman–Crippen LogP) is 3.89. The Hall–Kier alpha value is -3.64. The van der Waals surface area contributed by atoms with Gasteiger partial charge in [0.25, 0.3) is 0 Å². The summed E-state index contributed by atoms with van der Waals surface area (Å²) in [4.78, 5) is 13.6. The largest absolute Gasteiger partial charge is 0.497 e. The molecule has 0 fully saturated rings. The van der Waals surface area contributed by atoms with E-state index in [4.69, 9.17) is 13.9 Å². The van der Waals surface area contributed by atoms with Crippen LogP contribution in [0.4, 0.5) is 4.39 Å². The number of ether oxygens (including phenoxy) is 2. The molecule has 1 unspecified atom stereocenters. The van der Waals surface area contributed by atoms with Crippen LogP contribution < -0.4 is 20.0 Å². The van der Waals surface area contributed by atoms with Gasteiger partial charge in [-0.3, -0.25) is 4.90 Å². The third kappa shape index (κ3) is 4.22. The van der Waals surface area contributed by atoms with Gasteiger partial charge in [-0.1, -0.05) is 24.3 Å². The summed E-state index contributed by atoms with van der Waals surface area (Å²) in [6.07, 6.45) is 0.768. The fourth-order valence-corrected chi connectivity index (χ4v) is 4.52. The van der Waals surface area contributed by atoms with Crippen LogP contribution in [0, 0.1) is 12.7 Å². The molecule has 1 aliphatic rings. The van der Waals surface area contributed by atoms with Crippen LogP contribution in [0.1, 0.15) is 16.7 Å². The van der Waals surface area contributed by atoms with Crippen LogP contribution >= 0.6 is 0 Å². The lowest BCUT2D eigenvalue weighted by Gasteiger charge is -2.28. The first-order valence-electron chi connectivity index (χ1n) is 11.0. The molecule has 0 bridgehead atoms.